The number of amides is 3. The van der Waals surface area contributed by atoms with Crippen molar-refractivity contribution in [2.75, 3.05) is 11.8 Å². The molecule has 30 heavy (non-hydrogen) atoms. The van der Waals surface area contributed by atoms with Crippen LogP contribution in [0.25, 0.3) is 0 Å². The van der Waals surface area contributed by atoms with Gasteiger partial charge in [0.1, 0.15) is 10.6 Å². The molecule has 0 saturated carbocycles. The number of nitrogens with two attached hydrogens (primary N) is 1. The molecule has 2 aromatic rings. The van der Waals surface area contributed by atoms with Crippen molar-refractivity contribution in [3.05, 3.63) is 53.6 Å². The van der Waals surface area contributed by atoms with Gasteiger partial charge in [-0.05, 0) is 44.2 Å². The first-order chi connectivity index (χ1) is 14.0. The maximum Gasteiger partial charge on any atom is 0.338 e. The summed E-state index contributed by atoms with van der Waals surface area (Å²) in [6.45, 7) is 3.09. The van der Waals surface area contributed by atoms with Crippen LogP contribution in [0.3, 0.4) is 0 Å². The summed E-state index contributed by atoms with van der Waals surface area (Å²) in [6, 6.07) is 9.20. The van der Waals surface area contributed by atoms with Crippen LogP contribution < -0.4 is 20.5 Å². The Morgan fingerprint density at radius 2 is 1.70 bits per heavy atom. The van der Waals surface area contributed by atoms with Crippen molar-refractivity contribution in [1.29, 1.82) is 0 Å². The Morgan fingerprint density at radius 1 is 1.07 bits per heavy atom. The minimum Gasteiger partial charge on any atom is -0.495 e. The molecule has 1 atom stereocenters. The van der Waals surface area contributed by atoms with Gasteiger partial charge >= 0.3 is 12.0 Å². The standard InChI is InChI=1S/C19H21N3O7S/c1-11-4-7-14(8-5-11)22-30(26,27)16-10-13(6-9-15(16)28-3)18(24)29-12(2)17(23)21-19(20)25/h4-10,12,22H,1-3H3,(H3,20,21,23,25)/t12-/m0/s1. The maximum atomic E-state index is 12.8. The van der Waals surface area contributed by atoms with Crippen molar-refractivity contribution in [3.8, 4) is 5.75 Å². The molecular formula is C19H21N3O7S. The van der Waals surface area contributed by atoms with Gasteiger partial charge in [-0.3, -0.25) is 14.8 Å². The number of nitrogens with one attached hydrogen (secondary N) is 2. The number of primary amides is 1. The molecule has 0 aromatic heterocycles. The Balaban J connectivity index is 2.29. The first-order valence-electron chi connectivity index (χ1n) is 8.62. The van der Waals surface area contributed by atoms with E-state index in [4.69, 9.17) is 15.2 Å². The number of methoxy groups -OCH3 is 1. The predicted octanol–water partition coefficient (Wildman–Crippen LogP) is 1.54. The number of hydrogen-bond acceptors (Lipinski definition) is 7. The fraction of sp³-hybridized carbons (Fsp3) is 0.211. The van der Waals surface area contributed by atoms with Gasteiger partial charge in [0.05, 0.1) is 12.7 Å². The van der Waals surface area contributed by atoms with E-state index in [1.165, 1.54) is 26.2 Å². The fourth-order valence-electron chi connectivity index (χ4n) is 2.35. The van der Waals surface area contributed by atoms with Gasteiger partial charge < -0.3 is 15.2 Å². The van der Waals surface area contributed by atoms with E-state index in [-0.39, 0.29) is 16.2 Å². The number of esters is 1. The zero-order valence-corrected chi connectivity index (χ0v) is 17.3. The molecule has 2 aromatic carbocycles. The third-order valence-electron chi connectivity index (χ3n) is 3.89. The highest BCUT2D eigenvalue weighted by Crippen LogP contribution is 2.27. The van der Waals surface area contributed by atoms with Gasteiger partial charge in [-0.1, -0.05) is 17.7 Å². The molecule has 0 aliphatic rings. The van der Waals surface area contributed by atoms with Gasteiger partial charge in [0.25, 0.3) is 15.9 Å². The second-order valence-electron chi connectivity index (χ2n) is 6.24. The largest absolute Gasteiger partial charge is 0.495 e. The summed E-state index contributed by atoms with van der Waals surface area (Å²) >= 11 is 0. The van der Waals surface area contributed by atoms with Crippen LogP contribution in [0.5, 0.6) is 5.75 Å². The molecule has 4 N–H and O–H groups in total. The molecule has 0 spiro atoms. The van der Waals surface area contributed by atoms with Crippen LogP contribution in [0, 0.1) is 6.92 Å². The molecule has 0 unspecified atom stereocenters. The van der Waals surface area contributed by atoms with Crippen LogP contribution in [-0.4, -0.2) is 39.5 Å². The minimum absolute atomic E-state index is 0.00526. The summed E-state index contributed by atoms with van der Waals surface area (Å²) in [5.41, 5.74) is 5.99. The molecule has 2 rings (SSSR count). The third-order valence-corrected chi connectivity index (χ3v) is 5.29. The number of rotatable bonds is 7. The van der Waals surface area contributed by atoms with Crippen LogP contribution in [0.15, 0.2) is 47.4 Å². The summed E-state index contributed by atoms with van der Waals surface area (Å²) < 4.78 is 38.1. The van der Waals surface area contributed by atoms with E-state index in [1.54, 1.807) is 29.6 Å². The van der Waals surface area contributed by atoms with Crippen molar-refractivity contribution >= 4 is 33.6 Å². The quantitative estimate of drug-likeness (QED) is 0.557. The van der Waals surface area contributed by atoms with Crippen molar-refractivity contribution in [1.82, 2.24) is 5.32 Å². The molecule has 0 aliphatic heterocycles. The van der Waals surface area contributed by atoms with E-state index < -0.39 is 34.0 Å². The molecule has 3 amide bonds. The summed E-state index contributed by atoms with van der Waals surface area (Å²) in [6.07, 6.45) is -1.34. The highest BCUT2D eigenvalue weighted by Gasteiger charge is 2.25. The number of imide groups is 1. The van der Waals surface area contributed by atoms with Crippen LogP contribution in [0.4, 0.5) is 10.5 Å². The van der Waals surface area contributed by atoms with Crippen LogP contribution in [0.1, 0.15) is 22.8 Å². The zero-order chi connectivity index (χ0) is 22.5. The number of hydrogen-bond donors (Lipinski definition) is 3. The molecule has 0 fully saturated rings. The monoisotopic (exact) mass is 435 g/mol. The second-order valence-corrected chi connectivity index (χ2v) is 7.89. The number of benzene rings is 2. The normalized spacial score (nSPS) is 11.8. The fourth-order valence-corrected chi connectivity index (χ4v) is 3.61. The second kappa shape index (κ2) is 9.27. The number of ether oxygens (including phenoxy) is 2. The van der Waals surface area contributed by atoms with E-state index in [9.17, 15) is 22.8 Å². The highest BCUT2D eigenvalue weighted by molar-refractivity contribution is 7.92. The first kappa shape index (κ1) is 22.7. The van der Waals surface area contributed by atoms with E-state index in [2.05, 4.69) is 4.72 Å². The SMILES string of the molecule is COc1ccc(C(=O)O[C@@H](C)C(=O)NC(N)=O)cc1S(=O)(=O)Nc1ccc(C)cc1. The Hall–Kier alpha value is -3.60. The lowest BCUT2D eigenvalue weighted by atomic mass is 10.2. The van der Waals surface area contributed by atoms with Gasteiger partial charge in [0.2, 0.25) is 0 Å². The third kappa shape index (κ3) is 5.70. The Kier molecular flexibility index (Phi) is 7.01. The van der Waals surface area contributed by atoms with Crippen molar-refractivity contribution in [3.63, 3.8) is 0 Å². The lowest BCUT2D eigenvalue weighted by Crippen LogP contribution is -2.42. The lowest BCUT2D eigenvalue weighted by molar-refractivity contribution is -0.127. The molecule has 0 saturated heterocycles. The topological polar surface area (TPSA) is 154 Å². The van der Waals surface area contributed by atoms with E-state index in [0.717, 1.165) is 11.6 Å². The zero-order valence-electron chi connectivity index (χ0n) is 16.5. The number of aryl methyl sites for hydroxylation is 1. The number of urea groups is 1. The van der Waals surface area contributed by atoms with E-state index in [1.807, 2.05) is 6.92 Å². The smallest absolute Gasteiger partial charge is 0.338 e. The van der Waals surface area contributed by atoms with Crippen molar-refractivity contribution in [2.45, 2.75) is 24.8 Å². The average Bonchev–Trinajstić information content (AvgIpc) is 2.68. The average molecular weight is 435 g/mol. The van der Waals surface area contributed by atoms with Gasteiger partial charge in [-0.15, -0.1) is 0 Å². The van der Waals surface area contributed by atoms with E-state index in [0.29, 0.717) is 5.69 Å². The van der Waals surface area contributed by atoms with Crippen molar-refractivity contribution in [2.24, 2.45) is 5.73 Å². The summed E-state index contributed by atoms with van der Waals surface area (Å²) in [4.78, 5) is 34.4. The molecule has 11 heteroatoms. The van der Waals surface area contributed by atoms with Gasteiger partial charge in [-0.25, -0.2) is 18.0 Å². The minimum atomic E-state index is -4.11. The highest BCUT2D eigenvalue weighted by atomic mass is 32.2. The molecule has 10 nitrogen and oxygen atoms in total. The molecule has 0 radical (unpaired) electrons. The van der Waals surface area contributed by atoms with Crippen LogP contribution in [-0.2, 0) is 19.6 Å². The summed E-state index contributed by atoms with van der Waals surface area (Å²) in [7, 11) is -2.82. The predicted molar refractivity (Wildman–Crippen MR) is 108 cm³/mol. The van der Waals surface area contributed by atoms with Crippen LogP contribution >= 0.6 is 0 Å². The molecule has 0 aliphatic carbocycles. The molecule has 0 bridgehead atoms. The van der Waals surface area contributed by atoms with Gasteiger partial charge in [0, 0.05) is 5.69 Å². The lowest BCUT2D eigenvalue weighted by Gasteiger charge is -2.15. The summed E-state index contributed by atoms with van der Waals surface area (Å²) in [5.74, 6) is -1.89. The Labute approximate surface area is 173 Å². The van der Waals surface area contributed by atoms with Crippen molar-refractivity contribution < 1.29 is 32.3 Å². The summed E-state index contributed by atoms with van der Waals surface area (Å²) in [5, 5.41) is 1.78. The van der Waals surface area contributed by atoms with E-state index >= 15 is 0 Å². The molecule has 0 heterocycles. The maximum absolute atomic E-state index is 12.8. The number of anilines is 1. The molecule has 160 valence electrons. The van der Waals surface area contributed by atoms with Gasteiger partial charge in [-0.2, -0.15) is 0 Å². The first-order valence-corrected chi connectivity index (χ1v) is 10.1. The number of carbonyl (C=O) groups is 3. The molecular weight excluding hydrogens is 414 g/mol. The number of carbonyl (C=O) groups excluding carboxylic acids is 3. The van der Waals surface area contributed by atoms with Gasteiger partial charge in [0.15, 0.2) is 6.10 Å². The van der Waals surface area contributed by atoms with Crippen LogP contribution in [0.2, 0.25) is 0 Å². The Morgan fingerprint density at radius 3 is 2.27 bits per heavy atom. The number of sulfonamides is 1. The Bertz CT molecular complexity index is 1070.